The van der Waals surface area contributed by atoms with Gasteiger partial charge >= 0.3 is 0 Å². The maximum absolute atomic E-state index is 12.6. The Morgan fingerprint density at radius 2 is 1.95 bits per heavy atom. The molecule has 1 fully saturated rings. The Labute approximate surface area is 134 Å². The van der Waals surface area contributed by atoms with Crippen LogP contribution in [-0.2, 0) is 10.0 Å². The zero-order valence-corrected chi connectivity index (χ0v) is 13.6. The number of methoxy groups -OCH3 is 1. The van der Waals surface area contributed by atoms with Crippen molar-refractivity contribution in [1.82, 2.24) is 4.31 Å². The van der Waals surface area contributed by atoms with Crippen molar-refractivity contribution < 1.29 is 18.1 Å². The molecule has 1 heterocycles. The summed E-state index contributed by atoms with van der Waals surface area (Å²) in [6.07, 6.45) is 1.18. The molecular formula is C12H18ClN3O5S. The van der Waals surface area contributed by atoms with Crippen LogP contribution in [0.25, 0.3) is 0 Å². The van der Waals surface area contributed by atoms with Gasteiger partial charge in [0.2, 0.25) is 10.0 Å². The third-order valence-electron chi connectivity index (χ3n) is 3.47. The Kier molecular flexibility index (Phi) is 6.12. The van der Waals surface area contributed by atoms with Gasteiger partial charge in [-0.3, -0.25) is 10.1 Å². The minimum atomic E-state index is -3.74. The minimum absolute atomic E-state index is 0. The van der Waals surface area contributed by atoms with Crippen LogP contribution in [0.1, 0.15) is 12.8 Å². The van der Waals surface area contributed by atoms with Crippen LogP contribution in [0.15, 0.2) is 23.1 Å². The van der Waals surface area contributed by atoms with E-state index in [1.807, 2.05) is 0 Å². The molecule has 0 amide bonds. The largest absolute Gasteiger partial charge is 0.495 e. The molecule has 1 aromatic carbocycles. The summed E-state index contributed by atoms with van der Waals surface area (Å²) < 4.78 is 31.5. The summed E-state index contributed by atoms with van der Waals surface area (Å²) >= 11 is 0. The second kappa shape index (κ2) is 7.23. The van der Waals surface area contributed by atoms with Crippen LogP contribution in [-0.4, -0.2) is 43.9 Å². The second-order valence-corrected chi connectivity index (χ2v) is 6.74. The van der Waals surface area contributed by atoms with Crippen molar-refractivity contribution in [2.24, 2.45) is 5.73 Å². The summed E-state index contributed by atoms with van der Waals surface area (Å²) in [4.78, 5) is 10.1. The van der Waals surface area contributed by atoms with Gasteiger partial charge in [-0.25, -0.2) is 8.42 Å². The van der Waals surface area contributed by atoms with Crippen LogP contribution in [0, 0.1) is 10.1 Å². The number of hydrogen-bond donors (Lipinski definition) is 1. The summed E-state index contributed by atoms with van der Waals surface area (Å²) in [5.41, 5.74) is 5.55. The molecule has 8 nitrogen and oxygen atoms in total. The summed E-state index contributed by atoms with van der Waals surface area (Å²) in [6.45, 7) is 0.674. The summed E-state index contributed by atoms with van der Waals surface area (Å²) in [5, 5.41) is 10.7. The number of rotatable bonds is 4. The molecule has 1 aromatic rings. The Bertz CT molecular complexity index is 644. The summed E-state index contributed by atoms with van der Waals surface area (Å²) in [5.74, 6) is -0.0286. The lowest BCUT2D eigenvalue weighted by Crippen LogP contribution is -2.42. The molecule has 2 rings (SSSR count). The molecule has 0 aliphatic carbocycles. The van der Waals surface area contributed by atoms with Gasteiger partial charge < -0.3 is 10.5 Å². The van der Waals surface area contributed by atoms with Crippen molar-refractivity contribution in [2.45, 2.75) is 23.8 Å². The average Bonchev–Trinajstić information content (AvgIpc) is 2.46. The van der Waals surface area contributed by atoms with E-state index in [9.17, 15) is 18.5 Å². The fourth-order valence-corrected chi connectivity index (χ4v) is 3.84. The van der Waals surface area contributed by atoms with Crippen LogP contribution in [0.4, 0.5) is 5.69 Å². The zero-order chi connectivity index (χ0) is 15.6. The molecule has 1 aliphatic rings. The van der Waals surface area contributed by atoms with E-state index >= 15 is 0 Å². The summed E-state index contributed by atoms with van der Waals surface area (Å²) in [7, 11) is -2.46. The predicted molar refractivity (Wildman–Crippen MR) is 82.9 cm³/mol. The van der Waals surface area contributed by atoms with Gasteiger partial charge in [-0.2, -0.15) is 4.31 Å². The molecule has 1 aliphatic heterocycles. The van der Waals surface area contributed by atoms with E-state index in [2.05, 4.69) is 0 Å². The van der Waals surface area contributed by atoms with Crippen LogP contribution < -0.4 is 10.5 Å². The number of hydrogen-bond acceptors (Lipinski definition) is 6. The first-order valence-corrected chi connectivity index (χ1v) is 7.88. The van der Waals surface area contributed by atoms with Crippen LogP contribution in [0.3, 0.4) is 0 Å². The highest BCUT2D eigenvalue weighted by molar-refractivity contribution is 7.89. The lowest BCUT2D eigenvalue weighted by molar-refractivity contribution is -0.385. The molecule has 0 aromatic heterocycles. The Morgan fingerprint density at radius 3 is 2.45 bits per heavy atom. The van der Waals surface area contributed by atoms with Crippen LogP contribution in [0.5, 0.6) is 5.75 Å². The highest BCUT2D eigenvalue weighted by Gasteiger charge is 2.31. The first-order valence-electron chi connectivity index (χ1n) is 6.44. The smallest absolute Gasteiger partial charge is 0.273 e. The van der Waals surface area contributed by atoms with Gasteiger partial charge in [0.15, 0.2) is 0 Å². The zero-order valence-electron chi connectivity index (χ0n) is 12.0. The quantitative estimate of drug-likeness (QED) is 0.642. The van der Waals surface area contributed by atoms with E-state index in [1.54, 1.807) is 0 Å². The molecule has 0 saturated carbocycles. The molecule has 0 unspecified atom stereocenters. The number of piperidine rings is 1. The van der Waals surface area contributed by atoms with E-state index < -0.39 is 14.9 Å². The molecule has 10 heteroatoms. The number of non-ortho nitro benzene ring substituents is 1. The molecule has 0 atom stereocenters. The Balaban J connectivity index is 0.00000242. The van der Waals surface area contributed by atoms with Crippen molar-refractivity contribution >= 4 is 28.1 Å². The normalized spacial score (nSPS) is 16.8. The van der Waals surface area contributed by atoms with Crippen molar-refractivity contribution in [3.63, 3.8) is 0 Å². The van der Waals surface area contributed by atoms with Gasteiger partial charge in [0.05, 0.1) is 18.1 Å². The Morgan fingerprint density at radius 1 is 1.36 bits per heavy atom. The lowest BCUT2D eigenvalue weighted by Gasteiger charge is -2.29. The maximum Gasteiger partial charge on any atom is 0.273 e. The molecule has 0 spiro atoms. The number of nitrogens with zero attached hydrogens (tertiary/aromatic N) is 2. The molecular weight excluding hydrogens is 334 g/mol. The SMILES string of the molecule is COc1cc([N+](=O)[O-])ccc1S(=O)(=O)N1CCC(N)CC1.Cl. The highest BCUT2D eigenvalue weighted by atomic mass is 35.5. The van der Waals surface area contributed by atoms with Crippen molar-refractivity contribution in [1.29, 1.82) is 0 Å². The van der Waals surface area contributed by atoms with E-state index in [-0.39, 0.29) is 34.8 Å². The van der Waals surface area contributed by atoms with E-state index in [0.717, 1.165) is 12.1 Å². The number of nitro benzene ring substituents is 1. The maximum atomic E-state index is 12.6. The van der Waals surface area contributed by atoms with Crippen LogP contribution >= 0.6 is 12.4 Å². The van der Waals surface area contributed by atoms with Crippen molar-refractivity contribution in [3.8, 4) is 5.75 Å². The van der Waals surface area contributed by atoms with E-state index in [0.29, 0.717) is 25.9 Å². The third-order valence-corrected chi connectivity index (χ3v) is 5.41. The van der Waals surface area contributed by atoms with Gasteiger partial charge in [0.1, 0.15) is 10.6 Å². The molecule has 0 bridgehead atoms. The Hall–Kier alpha value is -1.42. The fourth-order valence-electron chi connectivity index (χ4n) is 2.24. The summed E-state index contributed by atoms with van der Waals surface area (Å²) in [6, 6.07) is 3.49. The van der Waals surface area contributed by atoms with Gasteiger partial charge in [0.25, 0.3) is 5.69 Å². The number of sulfonamides is 1. The van der Waals surface area contributed by atoms with E-state index in [4.69, 9.17) is 10.5 Å². The fraction of sp³-hybridized carbons (Fsp3) is 0.500. The van der Waals surface area contributed by atoms with Gasteiger partial charge in [-0.15, -0.1) is 12.4 Å². The topological polar surface area (TPSA) is 116 Å². The minimum Gasteiger partial charge on any atom is -0.495 e. The molecule has 0 radical (unpaired) electrons. The molecule has 22 heavy (non-hydrogen) atoms. The lowest BCUT2D eigenvalue weighted by atomic mass is 10.1. The monoisotopic (exact) mass is 351 g/mol. The second-order valence-electron chi connectivity index (χ2n) is 4.83. The van der Waals surface area contributed by atoms with Crippen molar-refractivity contribution in [3.05, 3.63) is 28.3 Å². The van der Waals surface area contributed by atoms with Crippen LogP contribution in [0.2, 0.25) is 0 Å². The molecule has 1 saturated heterocycles. The first-order chi connectivity index (χ1) is 9.86. The number of nitro groups is 1. The predicted octanol–water partition coefficient (Wildman–Crippen LogP) is 1.14. The van der Waals surface area contributed by atoms with Gasteiger partial charge in [-0.1, -0.05) is 0 Å². The first kappa shape index (κ1) is 18.6. The number of benzene rings is 1. The average molecular weight is 352 g/mol. The number of nitrogens with two attached hydrogens (primary N) is 1. The molecule has 2 N–H and O–H groups in total. The molecule has 124 valence electrons. The van der Waals surface area contributed by atoms with E-state index in [1.165, 1.54) is 17.5 Å². The third kappa shape index (κ3) is 3.67. The number of halogens is 1. The number of ether oxygens (including phenoxy) is 1. The van der Waals surface area contributed by atoms with Gasteiger partial charge in [0, 0.05) is 25.2 Å². The van der Waals surface area contributed by atoms with Crippen molar-refractivity contribution in [2.75, 3.05) is 20.2 Å². The van der Waals surface area contributed by atoms with Gasteiger partial charge in [-0.05, 0) is 18.9 Å². The highest BCUT2D eigenvalue weighted by Crippen LogP contribution is 2.31. The standard InChI is InChI=1S/C12H17N3O5S.ClH/c1-20-11-8-10(15(16)17)2-3-12(11)21(18,19)14-6-4-9(13)5-7-14;/h2-3,8-9H,4-7,13H2,1H3;1H.